The van der Waals surface area contributed by atoms with Crippen molar-refractivity contribution in [2.75, 3.05) is 26.2 Å². The smallest absolute Gasteiger partial charge is 0.245 e. The molecule has 0 saturated carbocycles. The van der Waals surface area contributed by atoms with E-state index in [0.29, 0.717) is 25.4 Å². The maximum Gasteiger partial charge on any atom is 0.245 e. The van der Waals surface area contributed by atoms with Crippen LogP contribution < -0.4 is 15.8 Å². The standard InChI is InChI=1S/C29H42N4O4/c1-21(2)27(31-28(35)22(3)30)29(36)33-17-10-13-24(33)19-32(18-16-23-11-6-4-7-12-23)26(34)20-37-25-14-8-5-9-15-25/h4-9,11-12,14-15,21-22,24,26-27,34H,10,13,16-20,30H2,1-3H3,(H,31,35)/t22-,24-,26?,27-/m0/s1. The number of aliphatic hydroxyl groups is 1. The highest BCUT2D eigenvalue weighted by Crippen LogP contribution is 2.22. The molecule has 2 aromatic rings. The molecule has 0 spiro atoms. The van der Waals surface area contributed by atoms with Crippen molar-refractivity contribution < 1.29 is 19.4 Å². The lowest BCUT2D eigenvalue weighted by Crippen LogP contribution is -2.57. The molecule has 4 N–H and O–H groups in total. The maximum absolute atomic E-state index is 13.6. The van der Waals surface area contributed by atoms with Crippen LogP contribution in [0.3, 0.4) is 0 Å². The fourth-order valence-corrected chi connectivity index (χ4v) is 4.64. The number of amides is 2. The molecule has 37 heavy (non-hydrogen) atoms. The maximum atomic E-state index is 13.6. The second kappa shape index (κ2) is 14.1. The molecule has 1 fully saturated rings. The second-order valence-corrected chi connectivity index (χ2v) is 10.2. The first-order valence-corrected chi connectivity index (χ1v) is 13.3. The molecule has 3 rings (SSSR count). The number of hydrogen-bond acceptors (Lipinski definition) is 6. The molecule has 8 heteroatoms. The molecule has 1 heterocycles. The molecule has 1 unspecified atom stereocenters. The van der Waals surface area contributed by atoms with E-state index >= 15 is 0 Å². The monoisotopic (exact) mass is 510 g/mol. The van der Waals surface area contributed by atoms with Crippen molar-refractivity contribution in [1.82, 2.24) is 15.1 Å². The summed E-state index contributed by atoms with van der Waals surface area (Å²) in [5, 5.41) is 14.0. The Balaban J connectivity index is 1.71. The Morgan fingerprint density at radius 3 is 2.38 bits per heavy atom. The van der Waals surface area contributed by atoms with Crippen molar-refractivity contribution in [1.29, 1.82) is 0 Å². The number of para-hydroxylation sites is 1. The van der Waals surface area contributed by atoms with Gasteiger partial charge < -0.3 is 25.8 Å². The lowest BCUT2D eigenvalue weighted by molar-refractivity contribution is -0.139. The molecule has 0 aliphatic carbocycles. The third-order valence-corrected chi connectivity index (χ3v) is 6.84. The van der Waals surface area contributed by atoms with E-state index in [-0.39, 0.29) is 30.4 Å². The minimum atomic E-state index is -0.833. The third-order valence-electron chi connectivity index (χ3n) is 6.84. The second-order valence-electron chi connectivity index (χ2n) is 10.2. The van der Waals surface area contributed by atoms with E-state index in [4.69, 9.17) is 10.5 Å². The summed E-state index contributed by atoms with van der Waals surface area (Å²) in [7, 11) is 0. The van der Waals surface area contributed by atoms with Crippen LogP contribution in [0.4, 0.5) is 0 Å². The number of benzene rings is 2. The highest BCUT2D eigenvalue weighted by Gasteiger charge is 2.37. The predicted octanol–water partition coefficient (Wildman–Crippen LogP) is 2.41. The first kappa shape index (κ1) is 28.6. The Labute approximate surface area is 220 Å². The number of ether oxygens (including phenoxy) is 1. The number of aliphatic hydroxyl groups excluding tert-OH is 1. The quantitative estimate of drug-likeness (QED) is 0.357. The van der Waals surface area contributed by atoms with Gasteiger partial charge in [0.1, 0.15) is 24.6 Å². The largest absolute Gasteiger partial charge is 0.489 e. The summed E-state index contributed by atoms with van der Waals surface area (Å²) < 4.78 is 5.84. The Bertz CT molecular complexity index is 970. The number of likely N-dealkylation sites (tertiary alicyclic amines) is 1. The Morgan fingerprint density at radius 2 is 1.76 bits per heavy atom. The summed E-state index contributed by atoms with van der Waals surface area (Å²) in [4.78, 5) is 29.7. The molecule has 2 amide bonds. The molecular formula is C29H42N4O4. The molecule has 1 saturated heterocycles. The van der Waals surface area contributed by atoms with Gasteiger partial charge in [0.05, 0.1) is 6.04 Å². The number of nitrogens with zero attached hydrogens (tertiary/aromatic N) is 2. The van der Waals surface area contributed by atoms with Crippen LogP contribution in [0.25, 0.3) is 0 Å². The van der Waals surface area contributed by atoms with E-state index in [1.54, 1.807) is 6.92 Å². The van der Waals surface area contributed by atoms with Crippen LogP contribution in [-0.2, 0) is 16.0 Å². The normalized spacial score (nSPS) is 18.0. The van der Waals surface area contributed by atoms with Crippen LogP contribution >= 0.6 is 0 Å². The van der Waals surface area contributed by atoms with Crippen LogP contribution in [-0.4, -0.2) is 77.3 Å². The zero-order valence-corrected chi connectivity index (χ0v) is 22.3. The average molecular weight is 511 g/mol. The van der Waals surface area contributed by atoms with Crippen LogP contribution in [0.2, 0.25) is 0 Å². The van der Waals surface area contributed by atoms with Crippen molar-refractivity contribution in [3.8, 4) is 5.75 Å². The van der Waals surface area contributed by atoms with Crippen LogP contribution in [0.15, 0.2) is 60.7 Å². The zero-order valence-electron chi connectivity index (χ0n) is 22.3. The first-order valence-electron chi connectivity index (χ1n) is 13.3. The third kappa shape index (κ3) is 8.55. The fourth-order valence-electron chi connectivity index (χ4n) is 4.64. The zero-order chi connectivity index (χ0) is 26.8. The molecule has 4 atom stereocenters. The van der Waals surface area contributed by atoms with Gasteiger partial charge in [-0.05, 0) is 49.8 Å². The summed E-state index contributed by atoms with van der Waals surface area (Å²) in [5.74, 6) is 0.202. The van der Waals surface area contributed by atoms with Gasteiger partial charge in [-0.25, -0.2) is 0 Å². The lowest BCUT2D eigenvalue weighted by atomic mass is 10.0. The molecule has 8 nitrogen and oxygen atoms in total. The molecule has 0 radical (unpaired) electrons. The van der Waals surface area contributed by atoms with E-state index in [2.05, 4.69) is 17.4 Å². The Hall–Kier alpha value is -2.94. The highest BCUT2D eigenvalue weighted by atomic mass is 16.5. The minimum Gasteiger partial charge on any atom is -0.489 e. The van der Waals surface area contributed by atoms with Gasteiger partial charge >= 0.3 is 0 Å². The van der Waals surface area contributed by atoms with Crippen molar-refractivity contribution in [2.24, 2.45) is 11.7 Å². The molecular weight excluding hydrogens is 468 g/mol. The number of rotatable bonds is 13. The van der Waals surface area contributed by atoms with E-state index in [9.17, 15) is 14.7 Å². The number of carbonyl (C=O) groups excluding carboxylic acids is 2. The number of nitrogens with two attached hydrogens (primary N) is 1. The van der Waals surface area contributed by atoms with E-state index in [1.165, 1.54) is 5.56 Å². The first-order chi connectivity index (χ1) is 17.8. The Morgan fingerprint density at radius 1 is 1.11 bits per heavy atom. The van der Waals surface area contributed by atoms with Gasteiger partial charge in [-0.15, -0.1) is 0 Å². The SMILES string of the molecule is CC(C)[C@H](NC(=O)[C@H](C)N)C(=O)N1CCC[C@H]1CN(CCc1ccccc1)C(O)COc1ccccc1. The van der Waals surface area contributed by atoms with Crippen molar-refractivity contribution in [3.05, 3.63) is 66.2 Å². The van der Waals surface area contributed by atoms with Gasteiger partial charge in [0.25, 0.3) is 0 Å². The molecule has 0 bridgehead atoms. The van der Waals surface area contributed by atoms with Gasteiger partial charge in [-0.3, -0.25) is 14.5 Å². The van der Waals surface area contributed by atoms with Gasteiger partial charge in [-0.1, -0.05) is 62.4 Å². The van der Waals surface area contributed by atoms with E-state index in [0.717, 1.165) is 19.3 Å². The van der Waals surface area contributed by atoms with Crippen LogP contribution in [0, 0.1) is 5.92 Å². The highest BCUT2D eigenvalue weighted by molar-refractivity contribution is 5.90. The summed E-state index contributed by atoms with van der Waals surface area (Å²) in [6, 6.07) is 18.2. The van der Waals surface area contributed by atoms with Crippen LogP contribution in [0.5, 0.6) is 5.75 Å². The van der Waals surface area contributed by atoms with Crippen molar-refractivity contribution in [2.45, 2.75) is 64.4 Å². The van der Waals surface area contributed by atoms with Gasteiger partial charge in [0, 0.05) is 25.7 Å². The van der Waals surface area contributed by atoms with Crippen molar-refractivity contribution >= 4 is 11.8 Å². The summed E-state index contributed by atoms with van der Waals surface area (Å²) >= 11 is 0. The number of nitrogens with one attached hydrogen (secondary N) is 1. The lowest BCUT2D eigenvalue weighted by Gasteiger charge is -2.36. The summed E-state index contributed by atoms with van der Waals surface area (Å²) in [6.07, 6.45) is 1.65. The van der Waals surface area contributed by atoms with Crippen molar-refractivity contribution in [3.63, 3.8) is 0 Å². The predicted molar refractivity (Wildman–Crippen MR) is 145 cm³/mol. The fraction of sp³-hybridized carbons (Fsp3) is 0.517. The van der Waals surface area contributed by atoms with E-state index in [1.807, 2.05) is 72.2 Å². The molecule has 1 aliphatic rings. The van der Waals surface area contributed by atoms with Gasteiger partial charge in [-0.2, -0.15) is 0 Å². The van der Waals surface area contributed by atoms with Crippen LogP contribution in [0.1, 0.15) is 39.2 Å². The number of hydrogen-bond donors (Lipinski definition) is 3. The topological polar surface area (TPSA) is 108 Å². The summed E-state index contributed by atoms with van der Waals surface area (Å²) in [5.41, 5.74) is 6.91. The molecule has 202 valence electrons. The average Bonchev–Trinajstić information content (AvgIpc) is 3.36. The van der Waals surface area contributed by atoms with Gasteiger partial charge in [0.2, 0.25) is 11.8 Å². The molecule has 1 aliphatic heterocycles. The molecule has 0 aromatic heterocycles. The van der Waals surface area contributed by atoms with E-state index < -0.39 is 18.3 Å². The Kier molecular flexibility index (Phi) is 10.9. The van der Waals surface area contributed by atoms with Gasteiger partial charge in [0.15, 0.2) is 0 Å². The minimum absolute atomic E-state index is 0.0666. The number of carbonyl (C=O) groups is 2. The summed E-state index contributed by atoms with van der Waals surface area (Å²) in [6.45, 7) is 7.35. The molecule has 2 aromatic carbocycles.